The Bertz CT molecular complexity index is 357. The minimum absolute atomic E-state index is 0.365. The van der Waals surface area contributed by atoms with Crippen LogP contribution < -0.4 is 10.5 Å². The number of ether oxygens (including phenoxy) is 1. The lowest BCUT2D eigenvalue weighted by Crippen LogP contribution is -2.34. The predicted octanol–water partition coefficient (Wildman–Crippen LogP) is 1.39. The van der Waals surface area contributed by atoms with Crippen molar-refractivity contribution in [2.75, 3.05) is 12.3 Å². The summed E-state index contributed by atoms with van der Waals surface area (Å²) in [6.07, 6.45) is -3.85. The van der Waals surface area contributed by atoms with Crippen molar-refractivity contribution < 1.29 is 22.3 Å². The molecule has 90 valence electrons. The van der Waals surface area contributed by atoms with Gasteiger partial charge in [0, 0.05) is 0 Å². The van der Waals surface area contributed by atoms with E-state index >= 15 is 0 Å². The second-order valence-electron chi connectivity index (χ2n) is 2.60. The molecule has 0 aliphatic heterocycles. The first-order valence-electron chi connectivity index (χ1n) is 3.77. The Hall–Kier alpha value is -1.38. The Balaban J connectivity index is 2.68. The van der Waals surface area contributed by atoms with E-state index in [0.717, 1.165) is 0 Å². The van der Waals surface area contributed by atoms with Crippen molar-refractivity contribution in [1.29, 1.82) is 0 Å². The van der Waals surface area contributed by atoms with Gasteiger partial charge in [-0.15, -0.1) is 0 Å². The first-order chi connectivity index (χ1) is 7.31. The molecule has 5 nitrogen and oxygen atoms in total. The van der Waals surface area contributed by atoms with Gasteiger partial charge in [0.05, 0.1) is 0 Å². The molecule has 2 N–H and O–H groups in total. The van der Waals surface area contributed by atoms with Crippen LogP contribution in [-0.4, -0.2) is 33.9 Å². The lowest BCUT2D eigenvalue weighted by atomic mass is 10.4. The monoisotopic (exact) mass is 260 g/mol. The van der Waals surface area contributed by atoms with E-state index in [4.69, 9.17) is 17.3 Å². The molecule has 10 heteroatoms. The van der Waals surface area contributed by atoms with Crippen LogP contribution in [0.2, 0.25) is 5.28 Å². The third-order valence-electron chi connectivity index (χ3n) is 1.32. The molecule has 1 rings (SSSR count). The lowest BCUT2D eigenvalue weighted by Gasteiger charge is -2.14. The van der Waals surface area contributed by atoms with Crippen molar-refractivity contribution in [3.8, 4) is 6.01 Å². The third kappa shape index (κ3) is 3.33. The van der Waals surface area contributed by atoms with Gasteiger partial charge in [-0.3, -0.25) is 0 Å². The predicted molar refractivity (Wildman–Crippen MR) is 45.7 cm³/mol. The van der Waals surface area contributed by atoms with E-state index in [1.54, 1.807) is 0 Å². The Labute approximate surface area is 91.6 Å². The molecule has 16 heavy (non-hydrogen) atoms. The fourth-order valence-electron chi connectivity index (χ4n) is 0.635. The van der Waals surface area contributed by atoms with E-state index < -0.39 is 25.0 Å². The molecule has 0 unspecified atom stereocenters. The molecule has 0 fully saturated rings. The largest absolute Gasteiger partial charge is 0.457 e. The number of anilines is 1. The van der Waals surface area contributed by atoms with Gasteiger partial charge in [-0.2, -0.15) is 23.7 Å². The SMILES string of the molecule is Nc1nc(Cl)nc(OCC(F)(F)C(F)F)n1. The smallest absolute Gasteiger partial charge is 0.340 e. The van der Waals surface area contributed by atoms with Gasteiger partial charge >= 0.3 is 18.4 Å². The molecule has 0 aliphatic carbocycles. The number of hydrogen-bond acceptors (Lipinski definition) is 5. The highest BCUT2D eigenvalue weighted by atomic mass is 35.5. The molecule has 0 radical (unpaired) electrons. The number of aromatic nitrogens is 3. The molecular formula is C6H5ClF4N4O. The summed E-state index contributed by atoms with van der Waals surface area (Å²) in [7, 11) is 0. The zero-order valence-electron chi connectivity index (χ0n) is 7.50. The number of alkyl halides is 4. The molecule has 0 bridgehead atoms. The molecule has 0 aliphatic rings. The summed E-state index contributed by atoms with van der Waals surface area (Å²) < 4.78 is 52.6. The summed E-state index contributed by atoms with van der Waals surface area (Å²) >= 11 is 5.30. The number of halogens is 5. The van der Waals surface area contributed by atoms with Crippen molar-refractivity contribution in [2.45, 2.75) is 12.3 Å². The van der Waals surface area contributed by atoms with Crippen LogP contribution in [0.15, 0.2) is 0 Å². The molecule has 1 heterocycles. The van der Waals surface area contributed by atoms with Gasteiger partial charge in [-0.1, -0.05) is 0 Å². The molecule has 0 saturated carbocycles. The molecule has 1 aromatic heterocycles. The average Bonchev–Trinajstić information content (AvgIpc) is 2.13. The summed E-state index contributed by atoms with van der Waals surface area (Å²) in [6, 6.07) is -0.641. The normalized spacial score (nSPS) is 11.9. The van der Waals surface area contributed by atoms with Gasteiger partial charge in [0.25, 0.3) is 0 Å². The van der Waals surface area contributed by atoms with E-state index in [1.165, 1.54) is 0 Å². The maximum absolute atomic E-state index is 12.4. The summed E-state index contributed by atoms with van der Waals surface area (Å²) in [5.74, 6) is -4.66. The van der Waals surface area contributed by atoms with Crippen molar-refractivity contribution >= 4 is 17.5 Å². The molecule has 0 saturated heterocycles. The second-order valence-corrected chi connectivity index (χ2v) is 2.93. The van der Waals surface area contributed by atoms with Gasteiger partial charge in [-0.05, 0) is 11.6 Å². The molecule has 0 atom stereocenters. The maximum atomic E-state index is 12.4. The van der Waals surface area contributed by atoms with Crippen molar-refractivity contribution in [3.05, 3.63) is 5.28 Å². The highest BCUT2D eigenvalue weighted by Crippen LogP contribution is 2.23. The minimum atomic E-state index is -4.30. The van der Waals surface area contributed by atoms with E-state index in [1.807, 2.05) is 0 Å². The summed E-state index contributed by atoms with van der Waals surface area (Å²) in [5.41, 5.74) is 5.10. The zero-order chi connectivity index (χ0) is 12.3. The van der Waals surface area contributed by atoms with Crippen LogP contribution in [0, 0.1) is 0 Å². The van der Waals surface area contributed by atoms with Crippen LogP contribution in [0.3, 0.4) is 0 Å². The Morgan fingerprint density at radius 2 is 1.94 bits per heavy atom. The molecule has 0 amide bonds. The van der Waals surface area contributed by atoms with Crippen molar-refractivity contribution in [1.82, 2.24) is 15.0 Å². The number of rotatable bonds is 4. The average molecular weight is 261 g/mol. The van der Waals surface area contributed by atoms with E-state index in [9.17, 15) is 17.6 Å². The lowest BCUT2D eigenvalue weighted by molar-refractivity contribution is -0.149. The van der Waals surface area contributed by atoms with Gasteiger partial charge in [0.2, 0.25) is 11.2 Å². The van der Waals surface area contributed by atoms with Gasteiger partial charge in [-0.25, -0.2) is 8.78 Å². The highest BCUT2D eigenvalue weighted by molar-refractivity contribution is 6.28. The molecule has 0 spiro atoms. The Morgan fingerprint density at radius 1 is 1.31 bits per heavy atom. The minimum Gasteiger partial charge on any atom is -0.457 e. The Morgan fingerprint density at radius 3 is 2.44 bits per heavy atom. The molecule has 0 aromatic carbocycles. The quantitative estimate of drug-likeness (QED) is 0.828. The Kier molecular flexibility index (Phi) is 3.68. The number of nitrogen functional groups attached to an aromatic ring is 1. The van der Waals surface area contributed by atoms with Crippen LogP contribution in [0.25, 0.3) is 0 Å². The van der Waals surface area contributed by atoms with Crippen LogP contribution in [0.4, 0.5) is 23.5 Å². The zero-order valence-corrected chi connectivity index (χ0v) is 8.26. The first-order valence-corrected chi connectivity index (χ1v) is 4.15. The number of hydrogen-bond donors (Lipinski definition) is 1. The molecule has 1 aromatic rings. The van der Waals surface area contributed by atoms with E-state index in [0.29, 0.717) is 0 Å². The van der Waals surface area contributed by atoms with Gasteiger partial charge < -0.3 is 10.5 Å². The maximum Gasteiger partial charge on any atom is 0.340 e. The van der Waals surface area contributed by atoms with Crippen molar-refractivity contribution in [2.24, 2.45) is 0 Å². The third-order valence-corrected chi connectivity index (χ3v) is 1.49. The van der Waals surface area contributed by atoms with Crippen LogP contribution in [0.1, 0.15) is 0 Å². The second kappa shape index (κ2) is 4.64. The standard InChI is InChI=1S/C6H5ClF4N4O/c7-3-13-4(12)15-5(14-3)16-1-6(10,11)2(8)9/h2H,1H2,(H2,12,13,14,15). The highest BCUT2D eigenvalue weighted by Gasteiger charge is 2.42. The fourth-order valence-corrected chi connectivity index (χ4v) is 0.794. The summed E-state index contributed by atoms with van der Waals surface area (Å²) in [5, 5.41) is -0.386. The summed E-state index contributed by atoms with van der Waals surface area (Å²) in [6.45, 7) is -1.58. The van der Waals surface area contributed by atoms with E-state index in [-0.39, 0.29) is 11.2 Å². The van der Waals surface area contributed by atoms with Crippen LogP contribution in [0.5, 0.6) is 6.01 Å². The van der Waals surface area contributed by atoms with Crippen molar-refractivity contribution in [3.63, 3.8) is 0 Å². The topological polar surface area (TPSA) is 73.9 Å². The summed E-state index contributed by atoms with van der Waals surface area (Å²) in [4.78, 5) is 9.85. The van der Waals surface area contributed by atoms with Crippen LogP contribution in [-0.2, 0) is 0 Å². The first kappa shape index (κ1) is 12.7. The van der Waals surface area contributed by atoms with E-state index in [2.05, 4.69) is 19.7 Å². The molecular weight excluding hydrogens is 256 g/mol. The fraction of sp³-hybridized carbons (Fsp3) is 0.500. The number of nitrogens with zero attached hydrogens (tertiary/aromatic N) is 3. The van der Waals surface area contributed by atoms with Crippen LogP contribution >= 0.6 is 11.6 Å². The van der Waals surface area contributed by atoms with Gasteiger partial charge in [0.1, 0.15) is 0 Å². The number of nitrogens with two attached hydrogens (primary N) is 1. The van der Waals surface area contributed by atoms with Gasteiger partial charge in [0.15, 0.2) is 6.61 Å².